The van der Waals surface area contributed by atoms with Gasteiger partial charge in [-0.25, -0.2) is 4.79 Å². The molecule has 1 heterocycles. The number of fused-ring (bicyclic) bond motifs is 1. The van der Waals surface area contributed by atoms with E-state index in [0.29, 0.717) is 27.4 Å². The van der Waals surface area contributed by atoms with Crippen LogP contribution in [0.4, 0.5) is 10.5 Å². The zero-order valence-corrected chi connectivity index (χ0v) is 21.9. The third-order valence-corrected chi connectivity index (χ3v) is 7.26. The Bertz CT molecular complexity index is 1660. The quantitative estimate of drug-likeness (QED) is 0.0786. The van der Waals surface area contributed by atoms with Crippen molar-refractivity contribution in [1.29, 1.82) is 0 Å². The van der Waals surface area contributed by atoms with Crippen molar-refractivity contribution >= 4 is 67.3 Å². The minimum atomic E-state index is -0.593. The fourth-order valence-corrected chi connectivity index (χ4v) is 5.26. The zero-order chi connectivity index (χ0) is 26.8. The standard InChI is InChI=1S/C28H17BrN2O6S/c29-20-12-13-24(37-27(33)22-10-5-8-17-6-1-3-9-21(17)22)19(14-20)15-25-26(32)30(28(34)38-25)16-18-7-2-4-11-23(18)31(35)36/h1-15H,16H2/b25-15-. The Hall–Kier alpha value is -4.28. The van der Waals surface area contributed by atoms with Crippen molar-refractivity contribution in [1.82, 2.24) is 4.90 Å². The molecule has 1 aliphatic heterocycles. The maximum absolute atomic E-state index is 13.1. The molecule has 0 radical (unpaired) electrons. The van der Waals surface area contributed by atoms with E-state index in [1.54, 1.807) is 36.4 Å². The fourth-order valence-electron chi connectivity index (χ4n) is 4.05. The molecule has 10 heteroatoms. The minimum absolute atomic E-state index is 0.106. The lowest BCUT2D eigenvalue weighted by Crippen LogP contribution is -2.27. The molecule has 0 saturated carbocycles. The molecule has 0 bridgehead atoms. The topological polar surface area (TPSA) is 107 Å². The van der Waals surface area contributed by atoms with Crippen LogP contribution in [0.2, 0.25) is 0 Å². The molecule has 0 aliphatic carbocycles. The van der Waals surface area contributed by atoms with Crippen LogP contribution >= 0.6 is 27.7 Å². The molecule has 0 aromatic heterocycles. The average Bonchev–Trinajstić information content (AvgIpc) is 3.17. The van der Waals surface area contributed by atoms with Crippen LogP contribution in [0.15, 0.2) is 94.3 Å². The number of rotatable bonds is 6. The number of carbonyl (C=O) groups excluding carboxylic acids is 3. The van der Waals surface area contributed by atoms with Crippen molar-refractivity contribution < 1.29 is 24.0 Å². The van der Waals surface area contributed by atoms with Crippen LogP contribution < -0.4 is 4.74 Å². The van der Waals surface area contributed by atoms with Crippen LogP contribution in [-0.4, -0.2) is 26.9 Å². The summed E-state index contributed by atoms with van der Waals surface area (Å²) in [7, 11) is 0. The van der Waals surface area contributed by atoms with Crippen molar-refractivity contribution in [3.63, 3.8) is 0 Å². The molecule has 8 nitrogen and oxygen atoms in total. The zero-order valence-electron chi connectivity index (χ0n) is 19.5. The molecule has 188 valence electrons. The van der Waals surface area contributed by atoms with Crippen molar-refractivity contribution in [3.8, 4) is 5.75 Å². The highest BCUT2D eigenvalue weighted by atomic mass is 79.9. The molecule has 38 heavy (non-hydrogen) atoms. The Morgan fingerprint density at radius 3 is 2.55 bits per heavy atom. The third-order valence-electron chi connectivity index (χ3n) is 5.86. The molecule has 0 N–H and O–H groups in total. The summed E-state index contributed by atoms with van der Waals surface area (Å²) in [4.78, 5) is 50.8. The number of hydrogen-bond acceptors (Lipinski definition) is 7. The number of esters is 1. The van der Waals surface area contributed by atoms with Crippen LogP contribution in [0, 0.1) is 10.1 Å². The van der Waals surface area contributed by atoms with Gasteiger partial charge in [-0.15, -0.1) is 0 Å². The van der Waals surface area contributed by atoms with Gasteiger partial charge < -0.3 is 4.74 Å². The average molecular weight is 589 g/mol. The highest BCUT2D eigenvalue weighted by Gasteiger charge is 2.36. The molecule has 4 aromatic carbocycles. The number of nitrogens with zero attached hydrogens (tertiary/aromatic N) is 2. The molecule has 1 fully saturated rings. The highest BCUT2D eigenvalue weighted by Crippen LogP contribution is 2.36. The van der Waals surface area contributed by atoms with Crippen molar-refractivity contribution in [3.05, 3.63) is 121 Å². The fraction of sp³-hybridized carbons (Fsp3) is 0.0357. The van der Waals surface area contributed by atoms with Gasteiger partial charge in [-0.2, -0.15) is 0 Å². The number of nitro groups is 1. The van der Waals surface area contributed by atoms with Crippen LogP contribution in [0.3, 0.4) is 0 Å². The van der Waals surface area contributed by atoms with E-state index in [-0.39, 0.29) is 28.5 Å². The summed E-state index contributed by atoms with van der Waals surface area (Å²) >= 11 is 4.11. The largest absolute Gasteiger partial charge is 0.422 e. The first-order valence-corrected chi connectivity index (χ1v) is 12.9. The van der Waals surface area contributed by atoms with E-state index in [2.05, 4.69) is 15.9 Å². The lowest BCUT2D eigenvalue weighted by atomic mass is 10.0. The SMILES string of the molecule is O=C(Oc1ccc(Br)cc1/C=C1\SC(=O)N(Cc2ccccc2[N+](=O)[O-])C1=O)c1cccc2ccccc12. The number of hydrogen-bond donors (Lipinski definition) is 0. The predicted molar refractivity (Wildman–Crippen MR) is 148 cm³/mol. The van der Waals surface area contributed by atoms with E-state index < -0.39 is 22.0 Å². The summed E-state index contributed by atoms with van der Waals surface area (Å²) < 4.78 is 6.41. The number of para-hydroxylation sites is 1. The van der Waals surface area contributed by atoms with E-state index in [4.69, 9.17) is 4.74 Å². The van der Waals surface area contributed by atoms with Crippen molar-refractivity contribution in [2.24, 2.45) is 0 Å². The lowest BCUT2D eigenvalue weighted by Gasteiger charge is -2.12. The first-order valence-electron chi connectivity index (χ1n) is 11.3. The number of benzene rings is 4. The third kappa shape index (κ3) is 5.09. The molecular weight excluding hydrogens is 572 g/mol. The van der Waals surface area contributed by atoms with Gasteiger partial charge in [-0.1, -0.05) is 70.5 Å². The summed E-state index contributed by atoms with van der Waals surface area (Å²) in [6, 6.07) is 23.7. The minimum Gasteiger partial charge on any atom is -0.422 e. The Morgan fingerprint density at radius 2 is 1.74 bits per heavy atom. The number of ether oxygens (including phenoxy) is 1. The number of thioether (sulfide) groups is 1. The molecule has 0 atom stereocenters. The Balaban J connectivity index is 1.43. The number of imide groups is 1. The van der Waals surface area contributed by atoms with Crippen molar-refractivity contribution in [2.45, 2.75) is 6.54 Å². The normalized spacial score (nSPS) is 14.3. The number of halogens is 1. The molecule has 2 amide bonds. The number of carbonyl (C=O) groups is 3. The van der Waals surface area contributed by atoms with Gasteiger partial charge >= 0.3 is 5.97 Å². The van der Waals surface area contributed by atoms with Crippen LogP contribution in [0.25, 0.3) is 16.8 Å². The smallest absolute Gasteiger partial charge is 0.344 e. The Labute approximate surface area is 229 Å². The monoisotopic (exact) mass is 588 g/mol. The van der Waals surface area contributed by atoms with Gasteiger partial charge in [-0.3, -0.25) is 24.6 Å². The van der Waals surface area contributed by atoms with Gasteiger partial charge in [0.25, 0.3) is 16.8 Å². The van der Waals surface area contributed by atoms with E-state index in [1.165, 1.54) is 24.3 Å². The highest BCUT2D eigenvalue weighted by molar-refractivity contribution is 9.10. The molecular formula is C28H17BrN2O6S. The summed E-state index contributed by atoms with van der Waals surface area (Å²) in [5.41, 5.74) is 0.865. The van der Waals surface area contributed by atoms with Crippen molar-refractivity contribution in [2.75, 3.05) is 0 Å². The van der Waals surface area contributed by atoms with Crippen LogP contribution in [0.5, 0.6) is 5.75 Å². The first kappa shape index (κ1) is 25.4. The molecule has 0 spiro atoms. The summed E-state index contributed by atoms with van der Waals surface area (Å²) in [6.07, 6.45) is 1.47. The summed E-state index contributed by atoms with van der Waals surface area (Å²) in [5, 5.41) is 12.4. The maximum atomic E-state index is 13.1. The second-order valence-corrected chi connectivity index (χ2v) is 10.2. The predicted octanol–water partition coefficient (Wildman–Crippen LogP) is 6.97. The second-order valence-electron chi connectivity index (χ2n) is 8.25. The van der Waals surface area contributed by atoms with Crippen LogP contribution in [-0.2, 0) is 11.3 Å². The van der Waals surface area contributed by atoms with E-state index in [0.717, 1.165) is 15.7 Å². The summed E-state index contributed by atoms with van der Waals surface area (Å²) in [6.45, 7) is -0.236. The van der Waals surface area contributed by atoms with Crippen LogP contribution in [0.1, 0.15) is 21.5 Å². The molecule has 0 unspecified atom stereocenters. The Morgan fingerprint density at radius 1 is 1.00 bits per heavy atom. The van der Waals surface area contributed by atoms with E-state index in [9.17, 15) is 24.5 Å². The second kappa shape index (κ2) is 10.6. The molecule has 1 aliphatic rings. The van der Waals surface area contributed by atoms with Gasteiger partial charge in [0.05, 0.1) is 21.9 Å². The van der Waals surface area contributed by atoms with Gasteiger partial charge in [-0.05, 0) is 52.9 Å². The number of nitro benzene ring substituents is 1. The summed E-state index contributed by atoms with van der Waals surface area (Å²) in [5.74, 6) is -0.954. The van der Waals surface area contributed by atoms with Gasteiger partial charge in [0.2, 0.25) is 0 Å². The van der Waals surface area contributed by atoms with Gasteiger partial charge in [0.15, 0.2) is 0 Å². The number of amides is 2. The molecule has 4 aromatic rings. The lowest BCUT2D eigenvalue weighted by molar-refractivity contribution is -0.385. The molecule has 5 rings (SSSR count). The van der Waals surface area contributed by atoms with Gasteiger partial charge in [0.1, 0.15) is 5.75 Å². The Kier molecular flexibility index (Phi) is 7.08. The molecule has 1 saturated heterocycles. The van der Waals surface area contributed by atoms with Gasteiger partial charge in [0, 0.05) is 21.7 Å². The maximum Gasteiger partial charge on any atom is 0.344 e. The van der Waals surface area contributed by atoms with E-state index in [1.807, 2.05) is 30.3 Å². The van der Waals surface area contributed by atoms with E-state index >= 15 is 0 Å². The first-order chi connectivity index (χ1) is 18.3.